The molecule has 1 aliphatic heterocycles. The molecule has 0 atom stereocenters. The highest BCUT2D eigenvalue weighted by Crippen LogP contribution is 2.26. The van der Waals surface area contributed by atoms with Crippen molar-refractivity contribution in [2.45, 2.75) is 19.0 Å². The second kappa shape index (κ2) is 10.9. The van der Waals surface area contributed by atoms with Gasteiger partial charge in [0.25, 0.3) is 0 Å². The molecule has 0 saturated carbocycles. The van der Waals surface area contributed by atoms with Crippen molar-refractivity contribution in [3.63, 3.8) is 0 Å². The Morgan fingerprint density at radius 1 is 1.06 bits per heavy atom. The molecule has 1 saturated heterocycles. The Morgan fingerprint density at radius 3 is 2.57 bits per heavy atom. The van der Waals surface area contributed by atoms with E-state index in [1.165, 1.54) is 23.9 Å². The number of hydrogen-bond donors (Lipinski definition) is 1. The van der Waals surface area contributed by atoms with Crippen molar-refractivity contribution >= 4 is 17.8 Å². The molecule has 4 rings (SSSR count). The van der Waals surface area contributed by atoms with Crippen LogP contribution in [-0.4, -0.2) is 46.8 Å². The summed E-state index contributed by atoms with van der Waals surface area (Å²) in [7, 11) is 0. The van der Waals surface area contributed by atoms with Crippen molar-refractivity contribution in [3.05, 3.63) is 78.3 Å². The summed E-state index contributed by atoms with van der Waals surface area (Å²) in [4.78, 5) is 22.2. The van der Waals surface area contributed by atoms with Gasteiger partial charge in [-0.1, -0.05) is 23.8 Å². The second-order valence-electron chi connectivity index (χ2n) is 7.87. The van der Waals surface area contributed by atoms with E-state index in [-0.39, 0.29) is 17.7 Å². The van der Waals surface area contributed by atoms with E-state index in [0.29, 0.717) is 24.5 Å². The summed E-state index contributed by atoms with van der Waals surface area (Å²) < 4.78 is 47.1. The minimum atomic E-state index is -4.41. The molecule has 0 radical (unpaired) electrons. The first kappa shape index (κ1) is 24.1. The number of halogens is 3. The van der Waals surface area contributed by atoms with Gasteiger partial charge in [-0.05, 0) is 48.7 Å². The zero-order chi connectivity index (χ0) is 24.7. The van der Waals surface area contributed by atoms with Gasteiger partial charge in [-0.2, -0.15) is 13.2 Å². The number of hydrogen-bond acceptors (Lipinski definition) is 5. The molecule has 10 heteroatoms. The van der Waals surface area contributed by atoms with Gasteiger partial charge in [-0.3, -0.25) is 4.98 Å². The van der Waals surface area contributed by atoms with Crippen LogP contribution in [0.5, 0.6) is 17.4 Å². The highest BCUT2D eigenvalue weighted by molar-refractivity contribution is 5.89. The molecule has 35 heavy (non-hydrogen) atoms. The number of anilines is 1. The fourth-order valence-corrected chi connectivity index (χ4v) is 3.48. The maximum Gasteiger partial charge on any atom is 0.422 e. The molecule has 0 unspecified atom stereocenters. The Balaban J connectivity index is 1.30. The maximum atomic E-state index is 12.4. The molecule has 1 fully saturated rings. The second-order valence-corrected chi connectivity index (χ2v) is 7.87. The van der Waals surface area contributed by atoms with Gasteiger partial charge in [0.05, 0.1) is 18.1 Å². The lowest BCUT2D eigenvalue weighted by Gasteiger charge is -2.28. The van der Waals surface area contributed by atoms with E-state index in [2.05, 4.69) is 26.1 Å². The smallest absolute Gasteiger partial charge is 0.422 e. The summed E-state index contributed by atoms with van der Waals surface area (Å²) in [6, 6.07) is 13.6. The number of nitrogens with one attached hydrogen (secondary N) is 1. The number of aromatic nitrogens is 2. The number of carbonyl (C=O) groups is 1. The summed E-state index contributed by atoms with van der Waals surface area (Å²) in [5.41, 5.74) is 2.82. The fourth-order valence-electron chi connectivity index (χ4n) is 3.48. The largest absolute Gasteiger partial charge is 0.483 e. The minimum Gasteiger partial charge on any atom is -0.483 e. The van der Waals surface area contributed by atoms with Gasteiger partial charge in [-0.25, -0.2) is 9.78 Å². The molecule has 182 valence electrons. The zero-order valence-corrected chi connectivity index (χ0v) is 18.7. The van der Waals surface area contributed by atoms with Crippen LogP contribution in [0.15, 0.2) is 72.7 Å². The van der Waals surface area contributed by atoms with Gasteiger partial charge < -0.3 is 19.7 Å². The lowest BCUT2D eigenvalue weighted by atomic mass is 10.0. The first-order valence-electron chi connectivity index (χ1n) is 10.9. The number of amides is 2. The molecule has 7 nitrogen and oxygen atoms in total. The molecular formula is C25H23F3N4O3. The van der Waals surface area contributed by atoms with E-state index in [4.69, 9.17) is 4.74 Å². The molecule has 2 aromatic heterocycles. The number of benzene rings is 1. The highest BCUT2D eigenvalue weighted by atomic mass is 19.4. The first-order valence-corrected chi connectivity index (χ1v) is 10.9. The Labute approximate surface area is 200 Å². The number of rotatable bonds is 6. The average molecular weight is 484 g/mol. The molecule has 0 aliphatic carbocycles. The summed E-state index contributed by atoms with van der Waals surface area (Å²) >= 11 is 0. The molecule has 0 bridgehead atoms. The Hall–Kier alpha value is -4.08. The van der Waals surface area contributed by atoms with Crippen LogP contribution in [0.4, 0.5) is 23.7 Å². The van der Waals surface area contributed by atoms with Crippen LogP contribution in [0, 0.1) is 0 Å². The maximum absolute atomic E-state index is 12.4. The van der Waals surface area contributed by atoms with Crippen LogP contribution >= 0.6 is 0 Å². The van der Waals surface area contributed by atoms with Crippen LogP contribution < -0.4 is 14.8 Å². The third-order valence-corrected chi connectivity index (χ3v) is 5.17. The van der Waals surface area contributed by atoms with E-state index in [1.54, 1.807) is 35.5 Å². The van der Waals surface area contributed by atoms with Gasteiger partial charge in [0, 0.05) is 25.4 Å². The molecule has 1 aromatic carbocycles. The molecule has 0 spiro atoms. The zero-order valence-electron chi connectivity index (χ0n) is 18.7. The minimum absolute atomic E-state index is 0.00798. The van der Waals surface area contributed by atoms with E-state index >= 15 is 0 Å². The third kappa shape index (κ3) is 7.46. The van der Waals surface area contributed by atoms with Gasteiger partial charge in [0.2, 0.25) is 5.88 Å². The van der Waals surface area contributed by atoms with Gasteiger partial charge >= 0.3 is 12.2 Å². The molecule has 3 aromatic rings. The average Bonchev–Trinajstić information content (AvgIpc) is 2.84. The Morgan fingerprint density at radius 2 is 1.89 bits per heavy atom. The number of carbonyl (C=O) groups excluding carboxylic acids is 1. The van der Waals surface area contributed by atoms with E-state index < -0.39 is 12.8 Å². The van der Waals surface area contributed by atoms with Crippen molar-refractivity contribution < 1.29 is 27.4 Å². The molecule has 1 aliphatic rings. The normalized spacial score (nSPS) is 13.8. The van der Waals surface area contributed by atoms with Crippen molar-refractivity contribution in [2.24, 2.45) is 0 Å². The Kier molecular flexibility index (Phi) is 7.49. The van der Waals surface area contributed by atoms with Crippen LogP contribution in [0.25, 0.3) is 6.08 Å². The number of piperidine rings is 1. The summed E-state index contributed by atoms with van der Waals surface area (Å²) in [5.74, 6) is 0.791. The summed E-state index contributed by atoms with van der Waals surface area (Å²) in [6.07, 6.45) is 3.62. The highest BCUT2D eigenvalue weighted by Gasteiger charge is 2.28. The van der Waals surface area contributed by atoms with E-state index in [9.17, 15) is 18.0 Å². The van der Waals surface area contributed by atoms with Crippen molar-refractivity contribution in [2.75, 3.05) is 25.0 Å². The van der Waals surface area contributed by atoms with E-state index in [0.717, 1.165) is 18.4 Å². The molecular weight excluding hydrogens is 461 g/mol. The lowest BCUT2D eigenvalue weighted by molar-refractivity contribution is -0.153. The number of ether oxygens (including phenoxy) is 2. The van der Waals surface area contributed by atoms with E-state index in [1.807, 2.05) is 18.2 Å². The third-order valence-electron chi connectivity index (χ3n) is 5.17. The van der Waals surface area contributed by atoms with Crippen LogP contribution in [0.1, 0.15) is 18.4 Å². The van der Waals surface area contributed by atoms with Crippen LogP contribution in [0.2, 0.25) is 0 Å². The number of nitrogens with zero attached hydrogens (tertiary/aromatic N) is 3. The monoisotopic (exact) mass is 484 g/mol. The quantitative estimate of drug-likeness (QED) is 0.470. The van der Waals surface area contributed by atoms with Gasteiger partial charge in [0.15, 0.2) is 6.61 Å². The summed E-state index contributed by atoms with van der Waals surface area (Å²) in [6.45, 7) is -0.153. The standard InChI is InChI=1S/C25H23F3N4O3/c26-25(27,28)17-34-22-6-7-23(30-16-22)35-21-5-1-3-19(14-21)13-18-8-11-32(12-9-18)24(33)31-20-4-2-10-29-15-20/h1-7,10,13-16H,8-9,11-12,17H2,(H,31,33). The lowest BCUT2D eigenvalue weighted by Crippen LogP contribution is -2.39. The van der Waals surface area contributed by atoms with Crippen molar-refractivity contribution in [1.29, 1.82) is 0 Å². The molecule has 1 N–H and O–H groups in total. The number of pyridine rings is 2. The molecule has 3 heterocycles. The first-order chi connectivity index (χ1) is 16.8. The van der Waals surface area contributed by atoms with Crippen molar-refractivity contribution in [3.8, 4) is 17.4 Å². The van der Waals surface area contributed by atoms with Crippen LogP contribution in [-0.2, 0) is 0 Å². The number of urea groups is 1. The van der Waals surface area contributed by atoms with Crippen molar-refractivity contribution in [1.82, 2.24) is 14.9 Å². The fraction of sp³-hybridized carbons (Fsp3) is 0.240. The SMILES string of the molecule is O=C(Nc1cccnc1)N1CCC(=Cc2cccc(Oc3ccc(OCC(F)(F)F)cn3)c2)CC1. The molecule has 2 amide bonds. The number of likely N-dealkylation sites (tertiary alicyclic amines) is 1. The van der Waals surface area contributed by atoms with Gasteiger partial charge in [0.1, 0.15) is 11.5 Å². The Bertz CT molecular complexity index is 1160. The predicted octanol–water partition coefficient (Wildman–Crippen LogP) is 5.92. The van der Waals surface area contributed by atoms with Gasteiger partial charge in [-0.15, -0.1) is 0 Å². The topological polar surface area (TPSA) is 76.6 Å². The predicted molar refractivity (Wildman–Crippen MR) is 124 cm³/mol. The number of alkyl halides is 3. The summed E-state index contributed by atoms with van der Waals surface area (Å²) in [5, 5.41) is 2.85. The van der Waals surface area contributed by atoms with Crippen LogP contribution in [0.3, 0.4) is 0 Å².